The van der Waals surface area contributed by atoms with Crippen LogP contribution < -0.4 is 5.32 Å². The molecule has 142 valence electrons. The summed E-state index contributed by atoms with van der Waals surface area (Å²) in [6.45, 7) is 4.28. The number of aliphatic imine (C=N–C) groups is 1. The van der Waals surface area contributed by atoms with Crippen LogP contribution in [-0.4, -0.2) is 10.8 Å². The monoisotopic (exact) mass is 370 g/mol. The van der Waals surface area contributed by atoms with Gasteiger partial charge in [0.15, 0.2) is 0 Å². The maximum atomic E-state index is 10.4. The van der Waals surface area contributed by atoms with Crippen molar-refractivity contribution in [1.82, 2.24) is 5.32 Å². The lowest BCUT2D eigenvalue weighted by Gasteiger charge is -2.31. The maximum Gasteiger partial charge on any atom is 0.126 e. The van der Waals surface area contributed by atoms with Crippen LogP contribution in [0, 0.1) is 6.92 Å². The van der Waals surface area contributed by atoms with E-state index < -0.39 is 0 Å². The average molecular weight is 370 g/mol. The molecule has 3 aromatic rings. The first-order chi connectivity index (χ1) is 13.7. The first-order valence-electron chi connectivity index (χ1n) is 9.91. The second kappa shape index (κ2) is 7.99. The molecule has 0 bridgehead atoms. The normalized spacial score (nSPS) is 19.3. The number of nitrogens with one attached hydrogen (secondary N) is 1. The van der Waals surface area contributed by atoms with Crippen LogP contribution in [0.1, 0.15) is 53.4 Å². The number of phenols is 1. The number of hydrogen-bond acceptors (Lipinski definition) is 3. The van der Waals surface area contributed by atoms with Crippen LogP contribution in [0.25, 0.3) is 0 Å². The molecule has 1 heterocycles. The van der Waals surface area contributed by atoms with E-state index in [9.17, 15) is 5.11 Å². The van der Waals surface area contributed by atoms with Gasteiger partial charge in [0.05, 0.1) is 0 Å². The minimum atomic E-state index is -0.139. The lowest BCUT2D eigenvalue weighted by Crippen LogP contribution is -2.33. The summed E-state index contributed by atoms with van der Waals surface area (Å²) in [7, 11) is 0. The molecule has 3 aromatic carbocycles. The molecule has 0 saturated heterocycles. The third-order valence-corrected chi connectivity index (χ3v) is 5.53. The van der Waals surface area contributed by atoms with Crippen molar-refractivity contribution in [2.24, 2.45) is 4.99 Å². The van der Waals surface area contributed by atoms with Gasteiger partial charge in [-0.1, -0.05) is 73.7 Å². The van der Waals surface area contributed by atoms with Crippen LogP contribution in [0.3, 0.4) is 0 Å². The van der Waals surface area contributed by atoms with Crippen LogP contribution in [0.5, 0.6) is 5.75 Å². The molecule has 0 unspecified atom stereocenters. The number of rotatable bonds is 4. The molecule has 0 saturated carbocycles. The molecule has 1 aliphatic rings. The predicted octanol–water partition coefficient (Wildman–Crippen LogP) is 5.49. The van der Waals surface area contributed by atoms with E-state index in [-0.39, 0.29) is 12.2 Å². The summed E-state index contributed by atoms with van der Waals surface area (Å²) in [4.78, 5) is 5.07. The van der Waals surface area contributed by atoms with Crippen LogP contribution in [-0.2, 0) is 6.42 Å². The van der Waals surface area contributed by atoms with E-state index in [1.807, 2.05) is 18.2 Å². The quantitative estimate of drug-likeness (QED) is 0.638. The molecule has 0 aromatic heterocycles. The summed E-state index contributed by atoms with van der Waals surface area (Å²) in [5.74, 6) is 0.325. The van der Waals surface area contributed by atoms with Gasteiger partial charge < -0.3 is 5.11 Å². The summed E-state index contributed by atoms with van der Waals surface area (Å²) < 4.78 is 0. The molecule has 3 heteroatoms. The highest BCUT2D eigenvalue weighted by atomic mass is 16.3. The summed E-state index contributed by atoms with van der Waals surface area (Å²) in [5.41, 5.74) is 6.85. The van der Waals surface area contributed by atoms with Crippen LogP contribution in [0.4, 0.5) is 0 Å². The molecule has 2 atom stereocenters. The summed E-state index contributed by atoms with van der Waals surface area (Å²) in [6, 6.07) is 24.6. The van der Waals surface area contributed by atoms with Gasteiger partial charge in [-0.2, -0.15) is 0 Å². The number of aromatic hydroxyl groups is 1. The van der Waals surface area contributed by atoms with E-state index in [2.05, 4.69) is 67.7 Å². The number of para-hydroxylation sites is 1. The van der Waals surface area contributed by atoms with Gasteiger partial charge in [0.1, 0.15) is 11.9 Å². The first-order valence-corrected chi connectivity index (χ1v) is 9.91. The van der Waals surface area contributed by atoms with Crippen molar-refractivity contribution in [2.75, 3.05) is 0 Å². The molecular formula is C25H26N2O. The van der Waals surface area contributed by atoms with Gasteiger partial charge in [0.25, 0.3) is 0 Å². The minimum absolute atomic E-state index is 0.00385. The molecule has 1 aliphatic heterocycles. The Morgan fingerprint density at radius 3 is 2.29 bits per heavy atom. The Kier molecular flexibility index (Phi) is 5.27. The van der Waals surface area contributed by atoms with Crippen molar-refractivity contribution in [3.05, 3.63) is 101 Å². The fourth-order valence-corrected chi connectivity index (χ4v) is 3.85. The van der Waals surface area contributed by atoms with Gasteiger partial charge in [0.2, 0.25) is 0 Å². The number of benzene rings is 3. The second-order valence-corrected chi connectivity index (χ2v) is 7.37. The molecule has 0 aliphatic carbocycles. The van der Waals surface area contributed by atoms with E-state index in [1.165, 1.54) is 16.7 Å². The molecule has 0 spiro atoms. The van der Waals surface area contributed by atoms with Gasteiger partial charge in [-0.3, -0.25) is 10.3 Å². The van der Waals surface area contributed by atoms with Crippen LogP contribution >= 0.6 is 0 Å². The molecular weight excluding hydrogens is 344 g/mol. The summed E-state index contributed by atoms with van der Waals surface area (Å²) >= 11 is 0. The van der Waals surface area contributed by atoms with Crippen molar-refractivity contribution in [3.8, 4) is 5.75 Å². The predicted molar refractivity (Wildman–Crippen MR) is 115 cm³/mol. The summed E-state index contributed by atoms with van der Waals surface area (Å²) in [5, 5.41) is 14.1. The van der Waals surface area contributed by atoms with Gasteiger partial charge in [-0.05, 0) is 41.7 Å². The standard InChI is InChI=1S/C25H26N2O/c1-3-18-12-14-19(15-13-18)22-16-23(21-10-6-7-11-24(21)28)27-25(26-22)20-9-5-4-8-17(20)2/h4-15,23,25,27-28H,3,16H2,1-2H3/t23-,25-/m0/s1. The SMILES string of the molecule is CCc1ccc(C2=N[C@H](c3ccccc3C)N[C@H](c3ccccc3O)C2)cc1. The Bertz CT molecular complexity index is 991. The third-order valence-electron chi connectivity index (χ3n) is 5.53. The fraction of sp³-hybridized carbons (Fsp3) is 0.240. The number of nitrogens with zero attached hydrogens (tertiary/aromatic N) is 1. The van der Waals surface area contributed by atoms with E-state index >= 15 is 0 Å². The number of phenolic OH excluding ortho intramolecular Hbond substituents is 1. The highest BCUT2D eigenvalue weighted by Gasteiger charge is 2.28. The van der Waals surface area contributed by atoms with Gasteiger partial charge >= 0.3 is 0 Å². The van der Waals surface area contributed by atoms with Crippen LogP contribution in [0.15, 0.2) is 77.8 Å². The minimum Gasteiger partial charge on any atom is -0.508 e. The van der Waals surface area contributed by atoms with Crippen LogP contribution in [0.2, 0.25) is 0 Å². The fourth-order valence-electron chi connectivity index (χ4n) is 3.85. The third kappa shape index (κ3) is 3.71. The van der Waals surface area contributed by atoms with Gasteiger partial charge in [-0.25, -0.2) is 0 Å². The second-order valence-electron chi connectivity index (χ2n) is 7.37. The topological polar surface area (TPSA) is 44.6 Å². The van der Waals surface area contributed by atoms with Crippen molar-refractivity contribution in [2.45, 2.75) is 38.9 Å². The van der Waals surface area contributed by atoms with Gasteiger partial charge in [-0.15, -0.1) is 0 Å². The molecule has 4 rings (SSSR count). The molecule has 3 nitrogen and oxygen atoms in total. The Hall–Kier alpha value is -2.91. The first kappa shape index (κ1) is 18.5. The lowest BCUT2D eigenvalue weighted by atomic mass is 9.92. The molecule has 28 heavy (non-hydrogen) atoms. The Balaban J connectivity index is 1.76. The van der Waals surface area contributed by atoms with E-state index in [0.29, 0.717) is 5.75 Å². The smallest absolute Gasteiger partial charge is 0.126 e. The Morgan fingerprint density at radius 2 is 1.61 bits per heavy atom. The number of aryl methyl sites for hydroxylation is 2. The lowest BCUT2D eigenvalue weighted by molar-refractivity contribution is 0.412. The van der Waals surface area contributed by atoms with E-state index in [0.717, 1.165) is 29.7 Å². The van der Waals surface area contributed by atoms with Crippen molar-refractivity contribution >= 4 is 5.71 Å². The molecule has 0 amide bonds. The molecule has 2 N–H and O–H groups in total. The highest BCUT2D eigenvalue weighted by Crippen LogP contribution is 2.35. The maximum absolute atomic E-state index is 10.4. The van der Waals surface area contributed by atoms with E-state index in [1.54, 1.807) is 6.07 Å². The highest BCUT2D eigenvalue weighted by molar-refractivity contribution is 6.01. The molecule has 0 radical (unpaired) electrons. The van der Waals surface area contributed by atoms with Crippen molar-refractivity contribution < 1.29 is 5.11 Å². The largest absolute Gasteiger partial charge is 0.508 e. The molecule has 0 fully saturated rings. The zero-order valence-corrected chi connectivity index (χ0v) is 16.4. The van der Waals surface area contributed by atoms with Crippen molar-refractivity contribution in [3.63, 3.8) is 0 Å². The average Bonchev–Trinajstić information content (AvgIpc) is 2.74. The zero-order chi connectivity index (χ0) is 19.5. The summed E-state index contributed by atoms with van der Waals surface area (Å²) in [6.07, 6.45) is 1.63. The Morgan fingerprint density at radius 1 is 0.929 bits per heavy atom. The zero-order valence-electron chi connectivity index (χ0n) is 16.4. The van der Waals surface area contributed by atoms with Gasteiger partial charge in [0, 0.05) is 23.7 Å². The number of hydrogen-bond donors (Lipinski definition) is 2. The van der Waals surface area contributed by atoms with E-state index in [4.69, 9.17) is 4.99 Å². The Labute approximate surface area is 166 Å². The van der Waals surface area contributed by atoms with Crippen molar-refractivity contribution in [1.29, 1.82) is 0 Å².